The lowest BCUT2D eigenvalue weighted by Gasteiger charge is -2.19. The van der Waals surface area contributed by atoms with Gasteiger partial charge in [0.1, 0.15) is 12.1 Å². The fourth-order valence-corrected chi connectivity index (χ4v) is 1.36. The van der Waals surface area contributed by atoms with Crippen LogP contribution in [-0.2, 0) is 14.3 Å². The number of rotatable bonds is 3. The molecule has 1 amide bonds. The largest absolute Gasteiger partial charge is 0.459 e. The third-order valence-electron chi connectivity index (χ3n) is 2.27. The van der Waals surface area contributed by atoms with Crippen molar-refractivity contribution in [3.63, 3.8) is 0 Å². The van der Waals surface area contributed by atoms with Crippen LogP contribution in [0.5, 0.6) is 0 Å². The second-order valence-electron chi connectivity index (χ2n) is 5.12. The monoisotopic (exact) mass is 213 g/mol. The van der Waals surface area contributed by atoms with Gasteiger partial charge in [-0.2, -0.15) is 0 Å². The molecule has 1 aliphatic carbocycles. The van der Waals surface area contributed by atoms with Gasteiger partial charge in [-0.15, -0.1) is 0 Å². The molecule has 0 bridgehead atoms. The Bertz CT molecular complexity index is 267. The summed E-state index contributed by atoms with van der Waals surface area (Å²) in [5.41, 5.74) is -0.491. The number of amides is 1. The molecule has 0 spiro atoms. The second kappa shape index (κ2) is 4.21. The van der Waals surface area contributed by atoms with Crippen LogP contribution >= 0.6 is 0 Å². The lowest BCUT2D eigenvalue weighted by atomic mass is 10.2. The summed E-state index contributed by atoms with van der Waals surface area (Å²) in [5.74, 6) is 0.147. The summed E-state index contributed by atoms with van der Waals surface area (Å²) in [6.07, 6.45) is 0.931. The SMILES string of the molecule is CC1CC1C(=O)NCC(=O)OC(C)(C)C. The molecule has 1 aliphatic rings. The summed E-state index contributed by atoms with van der Waals surface area (Å²) in [6, 6.07) is 0. The highest BCUT2D eigenvalue weighted by Crippen LogP contribution is 2.37. The zero-order valence-electron chi connectivity index (χ0n) is 9.79. The number of carbonyl (C=O) groups excluding carboxylic acids is 2. The van der Waals surface area contributed by atoms with Crippen LogP contribution in [0.25, 0.3) is 0 Å². The molecule has 2 unspecified atom stereocenters. The lowest BCUT2D eigenvalue weighted by molar-refractivity contribution is -0.154. The molecule has 0 heterocycles. The van der Waals surface area contributed by atoms with E-state index < -0.39 is 5.60 Å². The van der Waals surface area contributed by atoms with Crippen LogP contribution in [-0.4, -0.2) is 24.0 Å². The zero-order valence-corrected chi connectivity index (χ0v) is 9.79. The van der Waals surface area contributed by atoms with E-state index in [0.29, 0.717) is 5.92 Å². The van der Waals surface area contributed by atoms with Gasteiger partial charge in [0.05, 0.1) is 0 Å². The molecule has 86 valence electrons. The Morgan fingerprint density at radius 3 is 2.33 bits per heavy atom. The number of carbonyl (C=O) groups is 2. The second-order valence-corrected chi connectivity index (χ2v) is 5.12. The van der Waals surface area contributed by atoms with Crippen molar-refractivity contribution in [1.29, 1.82) is 0 Å². The molecular weight excluding hydrogens is 194 g/mol. The molecule has 1 N–H and O–H groups in total. The molecule has 1 saturated carbocycles. The number of ether oxygens (including phenoxy) is 1. The summed E-state index contributed by atoms with van der Waals surface area (Å²) in [7, 11) is 0. The standard InChI is InChI=1S/C11H19NO3/c1-7-5-8(7)10(14)12-6-9(13)15-11(2,3)4/h7-8H,5-6H2,1-4H3,(H,12,14). The van der Waals surface area contributed by atoms with Gasteiger partial charge in [0.2, 0.25) is 5.91 Å². The topological polar surface area (TPSA) is 55.4 Å². The molecule has 0 aliphatic heterocycles. The minimum absolute atomic E-state index is 0.0284. The molecule has 0 aromatic carbocycles. The van der Waals surface area contributed by atoms with Gasteiger partial charge in [-0.1, -0.05) is 6.92 Å². The fraction of sp³-hybridized carbons (Fsp3) is 0.818. The van der Waals surface area contributed by atoms with Crippen LogP contribution in [0.2, 0.25) is 0 Å². The van der Waals surface area contributed by atoms with Crippen molar-refractivity contribution in [3.8, 4) is 0 Å². The minimum atomic E-state index is -0.491. The van der Waals surface area contributed by atoms with Crippen LogP contribution in [0, 0.1) is 11.8 Å². The predicted molar refractivity (Wildman–Crippen MR) is 56.1 cm³/mol. The van der Waals surface area contributed by atoms with Crippen LogP contribution in [0.4, 0.5) is 0 Å². The van der Waals surface area contributed by atoms with Crippen molar-refractivity contribution in [2.24, 2.45) is 11.8 Å². The van der Waals surface area contributed by atoms with Crippen LogP contribution in [0.3, 0.4) is 0 Å². The Kier molecular flexibility index (Phi) is 3.37. The summed E-state index contributed by atoms with van der Waals surface area (Å²) in [4.78, 5) is 22.6. The lowest BCUT2D eigenvalue weighted by Crippen LogP contribution is -2.35. The predicted octanol–water partition coefficient (Wildman–Crippen LogP) is 1.10. The third kappa shape index (κ3) is 4.32. The first-order valence-electron chi connectivity index (χ1n) is 5.29. The van der Waals surface area contributed by atoms with Gasteiger partial charge in [-0.3, -0.25) is 9.59 Å². The van der Waals surface area contributed by atoms with Gasteiger partial charge >= 0.3 is 5.97 Å². The molecule has 2 atom stereocenters. The van der Waals surface area contributed by atoms with Gasteiger partial charge in [0.15, 0.2) is 0 Å². The Labute approximate surface area is 90.4 Å². The van der Waals surface area contributed by atoms with Gasteiger partial charge in [-0.05, 0) is 33.1 Å². The van der Waals surface area contributed by atoms with Crippen molar-refractivity contribution in [2.75, 3.05) is 6.54 Å². The average molecular weight is 213 g/mol. The van der Waals surface area contributed by atoms with Crippen molar-refractivity contribution < 1.29 is 14.3 Å². The fourth-order valence-electron chi connectivity index (χ4n) is 1.36. The quantitative estimate of drug-likeness (QED) is 0.714. The Balaban J connectivity index is 2.20. The van der Waals surface area contributed by atoms with Crippen molar-refractivity contribution >= 4 is 11.9 Å². The summed E-state index contributed by atoms with van der Waals surface area (Å²) in [5, 5.41) is 2.58. The molecular formula is C11H19NO3. The van der Waals surface area contributed by atoms with E-state index in [-0.39, 0.29) is 24.3 Å². The van der Waals surface area contributed by atoms with E-state index in [1.807, 2.05) is 6.92 Å². The van der Waals surface area contributed by atoms with Crippen LogP contribution in [0.1, 0.15) is 34.1 Å². The highest BCUT2D eigenvalue weighted by Gasteiger charge is 2.39. The normalized spacial score (nSPS) is 24.5. The van der Waals surface area contributed by atoms with E-state index in [2.05, 4.69) is 5.32 Å². The van der Waals surface area contributed by atoms with Crippen molar-refractivity contribution in [2.45, 2.75) is 39.7 Å². The maximum Gasteiger partial charge on any atom is 0.325 e. The minimum Gasteiger partial charge on any atom is -0.459 e. The third-order valence-corrected chi connectivity index (χ3v) is 2.27. The number of nitrogens with one attached hydrogen (secondary N) is 1. The summed E-state index contributed by atoms with van der Waals surface area (Å²) >= 11 is 0. The van der Waals surface area contributed by atoms with E-state index in [1.54, 1.807) is 20.8 Å². The van der Waals surface area contributed by atoms with Crippen LogP contribution in [0.15, 0.2) is 0 Å². The van der Waals surface area contributed by atoms with Crippen LogP contribution < -0.4 is 5.32 Å². The number of hydrogen-bond acceptors (Lipinski definition) is 3. The molecule has 0 aromatic rings. The molecule has 15 heavy (non-hydrogen) atoms. The summed E-state index contributed by atoms with van der Waals surface area (Å²) in [6.45, 7) is 7.40. The first-order chi connectivity index (χ1) is 6.79. The molecule has 0 saturated heterocycles. The van der Waals surface area contributed by atoms with E-state index in [9.17, 15) is 9.59 Å². The maximum atomic E-state index is 11.4. The smallest absolute Gasteiger partial charge is 0.325 e. The highest BCUT2D eigenvalue weighted by molar-refractivity contribution is 5.85. The Morgan fingerprint density at radius 2 is 1.93 bits per heavy atom. The average Bonchev–Trinajstić information content (AvgIpc) is 2.75. The molecule has 4 nitrogen and oxygen atoms in total. The van der Waals surface area contributed by atoms with E-state index in [4.69, 9.17) is 4.74 Å². The molecule has 4 heteroatoms. The van der Waals surface area contributed by atoms with E-state index in [0.717, 1.165) is 6.42 Å². The maximum absolute atomic E-state index is 11.4. The number of esters is 1. The van der Waals surface area contributed by atoms with E-state index >= 15 is 0 Å². The van der Waals surface area contributed by atoms with Gasteiger partial charge in [0.25, 0.3) is 0 Å². The van der Waals surface area contributed by atoms with Gasteiger partial charge < -0.3 is 10.1 Å². The number of hydrogen-bond donors (Lipinski definition) is 1. The Hall–Kier alpha value is -1.06. The first kappa shape index (κ1) is 12.0. The van der Waals surface area contributed by atoms with Crippen molar-refractivity contribution in [1.82, 2.24) is 5.32 Å². The molecule has 1 fully saturated rings. The molecule has 0 aromatic heterocycles. The highest BCUT2D eigenvalue weighted by atomic mass is 16.6. The van der Waals surface area contributed by atoms with Crippen molar-refractivity contribution in [3.05, 3.63) is 0 Å². The van der Waals surface area contributed by atoms with Gasteiger partial charge in [0, 0.05) is 5.92 Å². The van der Waals surface area contributed by atoms with E-state index in [1.165, 1.54) is 0 Å². The summed E-state index contributed by atoms with van der Waals surface area (Å²) < 4.78 is 5.06. The molecule has 0 radical (unpaired) electrons. The zero-order chi connectivity index (χ0) is 11.6. The molecule has 1 rings (SSSR count). The van der Waals surface area contributed by atoms with Gasteiger partial charge in [-0.25, -0.2) is 0 Å². The first-order valence-corrected chi connectivity index (χ1v) is 5.29. The Morgan fingerprint density at radius 1 is 1.40 bits per heavy atom.